The van der Waals surface area contributed by atoms with Gasteiger partial charge in [-0.2, -0.15) is 0 Å². The number of pyridine rings is 1. The summed E-state index contributed by atoms with van der Waals surface area (Å²) < 4.78 is 33.1. The van der Waals surface area contributed by atoms with E-state index < -0.39 is 35.1 Å². The van der Waals surface area contributed by atoms with Gasteiger partial charge in [-0.05, 0) is 35.7 Å². The van der Waals surface area contributed by atoms with E-state index in [-0.39, 0.29) is 12.5 Å². The zero-order valence-electron chi connectivity index (χ0n) is 17.5. The Morgan fingerprint density at radius 3 is 2.48 bits per heavy atom. The molecular formula is C22H26F2N4O3. The predicted molar refractivity (Wildman–Crippen MR) is 112 cm³/mol. The number of amides is 2. The van der Waals surface area contributed by atoms with Crippen LogP contribution >= 0.6 is 0 Å². The number of ether oxygens (including phenoxy) is 1. The van der Waals surface area contributed by atoms with Crippen molar-refractivity contribution >= 4 is 17.6 Å². The molecule has 7 nitrogen and oxygen atoms in total. The molecule has 1 fully saturated rings. The monoisotopic (exact) mass is 432 g/mol. The topological polar surface area (TPSA) is 83.6 Å². The number of hydrogen-bond acceptors (Lipinski definition) is 5. The fraction of sp³-hybridized carbons (Fsp3) is 0.409. The fourth-order valence-electron chi connectivity index (χ4n) is 3.30. The molecule has 0 radical (unpaired) electrons. The molecule has 0 spiro atoms. The summed E-state index contributed by atoms with van der Waals surface area (Å²) in [6.07, 6.45) is 1.68. The number of benzene rings is 1. The van der Waals surface area contributed by atoms with E-state index in [0.717, 1.165) is 36.6 Å². The average molecular weight is 432 g/mol. The van der Waals surface area contributed by atoms with Gasteiger partial charge in [0, 0.05) is 25.8 Å². The summed E-state index contributed by atoms with van der Waals surface area (Å²) in [5.74, 6) is -2.85. The highest BCUT2D eigenvalue weighted by Crippen LogP contribution is 2.15. The molecule has 0 saturated carbocycles. The smallest absolute Gasteiger partial charge is 0.257 e. The average Bonchev–Trinajstić information content (AvgIpc) is 2.76. The lowest BCUT2D eigenvalue weighted by Gasteiger charge is -2.28. The first-order chi connectivity index (χ1) is 14.9. The van der Waals surface area contributed by atoms with Crippen LogP contribution in [-0.4, -0.2) is 49.1 Å². The largest absolute Gasteiger partial charge is 0.378 e. The van der Waals surface area contributed by atoms with Crippen LogP contribution in [0.15, 0.2) is 36.5 Å². The minimum Gasteiger partial charge on any atom is -0.378 e. The second-order valence-corrected chi connectivity index (χ2v) is 7.63. The van der Waals surface area contributed by atoms with Crippen LogP contribution in [-0.2, 0) is 16.1 Å². The van der Waals surface area contributed by atoms with Crippen LogP contribution in [0.5, 0.6) is 0 Å². The molecule has 1 aromatic heterocycles. The van der Waals surface area contributed by atoms with Crippen LogP contribution in [0.1, 0.15) is 29.8 Å². The van der Waals surface area contributed by atoms with Crippen LogP contribution in [0.25, 0.3) is 0 Å². The van der Waals surface area contributed by atoms with E-state index in [9.17, 15) is 18.4 Å². The summed E-state index contributed by atoms with van der Waals surface area (Å²) in [5.41, 5.74) is 0.143. The minimum absolute atomic E-state index is 0.228. The standard InChI is InChI=1S/C22H26F2N4O3/c1-14(2)20(27-21(29)19-16(23)4-3-5-17(19)24)22(30)26-13-15-6-7-25-18(12-15)28-8-10-31-11-9-28/h3-7,12,14,20H,8-11,13H2,1-2H3,(H,26,30)(H,27,29)/t20-/m1/s1. The van der Waals surface area contributed by atoms with E-state index in [0.29, 0.717) is 13.2 Å². The Morgan fingerprint density at radius 1 is 1.16 bits per heavy atom. The summed E-state index contributed by atoms with van der Waals surface area (Å²) in [5, 5.41) is 5.23. The van der Waals surface area contributed by atoms with Crippen molar-refractivity contribution in [1.29, 1.82) is 0 Å². The summed E-state index contributed by atoms with van der Waals surface area (Å²) in [6.45, 7) is 6.48. The van der Waals surface area contributed by atoms with Crippen molar-refractivity contribution in [3.8, 4) is 0 Å². The van der Waals surface area contributed by atoms with Crippen LogP contribution < -0.4 is 15.5 Å². The summed E-state index contributed by atoms with van der Waals surface area (Å²) in [4.78, 5) is 31.6. The van der Waals surface area contributed by atoms with E-state index in [2.05, 4.69) is 20.5 Å². The Labute approximate surface area is 179 Å². The fourth-order valence-corrected chi connectivity index (χ4v) is 3.30. The van der Waals surface area contributed by atoms with E-state index in [1.807, 2.05) is 6.07 Å². The van der Waals surface area contributed by atoms with E-state index in [4.69, 9.17) is 4.74 Å². The molecule has 2 amide bonds. The van der Waals surface area contributed by atoms with Gasteiger partial charge >= 0.3 is 0 Å². The molecule has 2 heterocycles. The van der Waals surface area contributed by atoms with Crippen molar-refractivity contribution < 1.29 is 23.1 Å². The Bertz CT molecular complexity index is 912. The number of hydrogen-bond donors (Lipinski definition) is 2. The number of carbonyl (C=O) groups excluding carboxylic acids is 2. The molecule has 31 heavy (non-hydrogen) atoms. The van der Waals surface area contributed by atoms with Gasteiger partial charge in [0.2, 0.25) is 5.91 Å². The minimum atomic E-state index is -0.979. The molecule has 1 saturated heterocycles. The molecule has 9 heteroatoms. The van der Waals surface area contributed by atoms with E-state index in [1.165, 1.54) is 6.07 Å². The quantitative estimate of drug-likeness (QED) is 0.701. The number of nitrogens with zero attached hydrogens (tertiary/aromatic N) is 2. The van der Waals surface area contributed by atoms with Gasteiger partial charge in [0.1, 0.15) is 29.1 Å². The van der Waals surface area contributed by atoms with Gasteiger partial charge in [-0.15, -0.1) is 0 Å². The van der Waals surface area contributed by atoms with Gasteiger partial charge in [-0.1, -0.05) is 19.9 Å². The Hall–Kier alpha value is -3.07. The van der Waals surface area contributed by atoms with Gasteiger partial charge in [0.15, 0.2) is 0 Å². The van der Waals surface area contributed by atoms with Crippen molar-refractivity contribution in [2.45, 2.75) is 26.4 Å². The van der Waals surface area contributed by atoms with Gasteiger partial charge in [0.25, 0.3) is 5.91 Å². The maximum absolute atomic E-state index is 13.9. The number of aromatic nitrogens is 1. The molecule has 0 unspecified atom stereocenters. The molecule has 1 aliphatic rings. The first kappa shape index (κ1) is 22.6. The molecular weight excluding hydrogens is 406 g/mol. The number of rotatable bonds is 7. The van der Waals surface area contributed by atoms with E-state index in [1.54, 1.807) is 26.1 Å². The molecule has 1 atom stereocenters. The van der Waals surface area contributed by atoms with Crippen molar-refractivity contribution in [1.82, 2.24) is 15.6 Å². The van der Waals surface area contributed by atoms with Crippen LogP contribution in [0, 0.1) is 17.6 Å². The summed E-state index contributed by atoms with van der Waals surface area (Å²) in [6, 6.07) is 5.90. The lowest BCUT2D eigenvalue weighted by molar-refractivity contribution is -0.124. The molecule has 1 aromatic carbocycles. The zero-order chi connectivity index (χ0) is 22.4. The third-order valence-electron chi connectivity index (χ3n) is 5.04. The lowest BCUT2D eigenvalue weighted by Crippen LogP contribution is -2.49. The highest BCUT2D eigenvalue weighted by atomic mass is 19.1. The lowest BCUT2D eigenvalue weighted by atomic mass is 10.0. The molecule has 3 rings (SSSR count). The SMILES string of the molecule is CC(C)[C@@H](NC(=O)c1c(F)cccc1F)C(=O)NCc1ccnc(N2CCOCC2)c1. The van der Waals surface area contributed by atoms with Gasteiger partial charge in [0.05, 0.1) is 13.2 Å². The van der Waals surface area contributed by atoms with Gasteiger partial charge < -0.3 is 20.3 Å². The van der Waals surface area contributed by atoms with Crippen molar-refractivity contribution in [2.24, 2.45) is 5.92 Å². The molecule has 1 aliphatic heterocycles. The van der Waals surface area contributed by atoms with Gasteiger partial charge in [-0.25, -0.2) is 13.8 Å². The van der Waals surface area contributed by atoms with Crippen molar-refractivity contribution in [3.63, 3.8) is 0 Å². The van der Waals surface area contributed by atoms with E-state index >= 15 is 0 Å². The van der Waals surface area contributed by atoms with Crippen molar-refractivity contribution in [3.05, 3.63) is 59.3 Å². The third-order valence-corrected chi connectivity index (χ3v) is 5.04. The summed E-state index contributed by atoms with van der Waals surface area (Å²) >= 11 is 0. The normalized spacial score (nSPS) is 14.9. The van der Waals surface area contributed by atoms with Crippen molar-refractivity contribution in [2.75, 3.05) is 31.2 Å². The first-order valence-electron chi connectivity index (χ1n) is 10.2. The van der Waals surface area contributed by atoms with Crippen LogP contribution in [0.2, 0.25) is 0 Å². The Kier molecular flexibility index (Phi) is 7.51. The number of halogens is 2. The zero-order valence-corrected chi connectivity index (χ0v) is 17.5. The highest BCUT2D eigenvalue weighted by molar-refractivity contribution is 5.98. The molecule has 2 N–H and O–H groups in total. The second kappa shape index (κ2) is 10.3. The third kappa shape index (κ3) is 5.75. The predicted octanol–water partition coefficient (Wildman–Crippen LogP) is 2.27. The number of carbonyl (C=O) groups is 2. The van der Waals surface area contributed by atoms with Crippen LogP contribution in [0.3, 0.4) is 0 Å². The molecule has 2 aromatic rings. The highest BCUT2D eigenvalue weighted by Gasteiger charge is 2.27. The molecule has 166 valence electrons. The Morgan fingerprint density at radius 2 is 1.84 bits per heavy atom. The molecule has 0 aliphatic carbocycles. The number of morpholine rings is 1. The second-order valence-electron chi connectivity index (χ2n) is 7.63. The number of nitrogens with one attached hydrogen (secondary N) is 2. The Balaban J connectivity index is 1.64. The molecule has 0 bridgehead atoms. The van der Waals surface area contributed by atoms with Crippen LogP contribution in [0.4, 0.5) is 14.6 Å². The summed E-state index contributed by atoms with van der Waals surface area (Å²) in [7, 11) is 0. The number of anilines is 1. The first-order valence-corrected chi connectivity index (χ1v) is 10.2. The maximum Gasteiger partial charge on any atom is 0.257 e. The van der Waals surface area contributed by atoms with Gasteiger partial charge in [-0.3, -0.25) is 9.59 Å². The maximum atomic E-state index is 13.9.